The fourth-order valence-electron chi connectivity index (χ4n) is 2.79. The molecule has 1 aliphatic rings. The summed E-state index contributed by atoms with van der Waals surface area (Å²) in [6, 6.07) is 12.6. The summed E-state index contributed by atoms with van der Waals surface area (Å²) in [7, 11) is 0. The number of thiophene rings is 1. The highest BCUT2D eigenvalue weighted by Gasteiger charge is 2.18. The number of hydrogen-bond acceptors (Lipinski definition) is 3. The molecule has 1 aliphatic heterocycles. The minimum Gasteiger partial charge on any atom is -0.295 e. The molecule has 2 aromatic rings. The van der Waals surface area contributed by atoms with Gasteiger partial charge in [0.1, 0.15) is 0 Å². The molecule has 1 aromatic carbocycles. The van der Waals surface area contributed by atoms with E-state index < -0.39 is 0 Å². The second-order valence-corrected chi connectivity index (χ2v) is 6.83. The molecular weight excluding hydrogens is 290 g/mol. The molecule has 0 spiro atoms. The van der Waals surface area contributed by atoms with Crippen molar-refractivity contribution in [3.05, 3.63) is 69.4 Å². The van der Waals surface area contributed by atoms with Gasteiger partial charge in [0.25, 0.3) is 0 Å². The molecule has 0 atom stereocenters. The second-order valence-electron chi connectivity index (χ2n) is 5.83. The van der Waals surface area contributed by atoms with Crippen molar-refractivity contribution < 1.29 is 4.79 Å². The highest BCUT2D eigenvalue weighted by atomic mass is 32.1. The molecule has 0 saturated heterocycles. The Hall–Kier alpha value is -1.71. The van der Waals surface area contributed by atoms with Crippen LogP contribution >= 0.6 is 11.3 Å². The number of carbonyl (C=O) groups is 1. The lowest BCUT2D eigenvalue weighted by Gasteiger charge is -2.25. The molecule has 3 rings (SSSR count). The summed E-state index contributed by atoms with van der Waals surface area (Å²) in [6.07, 6.45) is 3.56. The molecule has 2 nitrogen and oxygen atoms in total. The van der Waals surface area contributed by atoms with E-state index in [0.717, 1.165) is 31.6 Å². The molecule has 22 heavy (non-hydrogen) atoms. The summed E-state index contributed by atoms with van der Waals surface area (Å²) < 4.78 is 0. The van der Waals surface area contributed by atoms with Gasteiger partial charge in [-0.3, -0.25) is 9.69 Å². The van der Waals surface area contributed by atoms with Gasteiger partial charge < -0.3 is 0 Å². The molecule has 0 unspecified atom stereocenters. The van der Waals surface area contributed by atoms with E-state index in [1.807, 2.05) is 6.07 Å². The van der Waals surface area contributed by atoms with Gasteiger partial charge in [0.05, 0.1) is 0 Å². The van der Waals surface area contributed by atoms with Crippen molar-refractivity contribution in [3.63, 3.8) is 0 Å². The molecule has 0 fully saturated rings. The molecule has 2 heterocycles. The number of rotatable bonds is 5. The third kappa shape index (κ3) is 3.73. The van der Waals surface area contributed by atoms with E-state index in [9.17, 15) is 4.79 Å². The van der Waals surface area contributed by atoms with Gasteiger partial charge in [0, 0.05) is 30.9 Å². The predicted octanol–water partition coefficient (Wildman–Crippen LogP) is 4.00. The van der Waals surface area contributed by atoms with Crippen LogP contribution < -0.4 is 0 Å². The Balaban J connectivity index is 1.57. The van der Waals surface area contributed by atoms with Crippen LogP contribution in [0.2, 0.25) is 0 Å². The summed E-state index contributed by atoms with van der Waals surface area (Å²) in [4.78, 5) is 16.0. The zero-order valence-corrected chi connectivity index (χ0v) is 13.7. The van der Waals surface area contributed by atoms with E-state index in [0.29, 0.717) is 12.2 Å². The van der Waals surface area contributed by atoms with Crippen LogP contribution in [0, 0.1) is 6.92 Å². The Bertz CT molecular complexity index is 672. The minimum atomic E-state index is 0.296. The Morgan fingerprint density at radius 3 is 2.68 bits per heavy atom. The van der Waals surface area contributed by atoms with Crippen LogP contribution in [0.4, 0.5) is 0 Å². The number of Topliss-reactive ketones (excluding diaryl/α,β-unsaturated/α-hetero) is 1. The Morgan fingerprint density at radius 2 is 2.05 bits per heavy atom. The van der Waals surface area contributed by atoms with Crippen molar-refractivity contribution in [1.29, 1.82) is 0 Å². The highest BCUT2D eigenvalue weighted by Crippen LogP contribution is 2.20. The molecule has 3 heteroatoms. The molecule has 0 saturated carbocycles. The van der Waals surface area contributed by atoms with E-state index in [4.69, 9.17) is 0 Å². The van der Waals surface area contributed by atoms with Gasteiger partial charge in [-0.2, -0.15) is 0 Å². The fourth-order valence-corrected chi connectivity index (χ4v) is 3.70. The fraction of sp³-hybridized carbons (Fsp3) is 0.316. The smallest absolute Gasteiger partial charge is 0.163 e. The summed E-state index contributed by atoms with van der Waals surface area (Å²) in [5, 5.41) is 2.06. The van der Waals surface area contributed by atoms with Crippen LogP contribution in [0.15, 0.2) is 53.4 Å². The number of nitrogens with zero attached hydrogens (tertiary/aromatic N) is 1. The van der Waals surface area contributed by atoms with Crippen molar-refractivity contribution in [1.82, 2.24) is 4.90 Å². The lowest BCUT2D eigenvalue weighted by Crippen LogP contribution is -2.30. The van der Waals surface area contributed by atoms with E-state index in [1.54, 1.807) is 11.3 Å². The zero-order chi connectivity index (χ0) is 15.4. The van der Waals surface area contributed by atoms with E-state index in [-0.39, 0.29) is 0 Å². The Kier molecular flexibility index (Phi) is 4.86. The van der Waals surface area contributed by atoms with Crippen LogP contribution in [-0.2, 0) is 17.8 Å². The lowest BCUT2D eigenvalue weighted by molar-refractivity contribution is -0.115. The molecule has 1 aromatic heterocycles. The number of ketones is 1. The normalized spacial score (nSPS) is 15.6. The van der Waals surface area contributed by atoms with E-state index in [2.05, 4.69) is 53.6 Å². The van der Waals surface area contributed by atoms with Crippen molar-refractivity contribution >= 4 is 17.1 Å². The number of hydrogen-bond donors (Lipinski definition) is 0. The van der Waals surface area contributed by atoms with Gasteiger partial charge in [-0.25, -0.2) is 0 Å². The van der Waals surface area contributed by atoms with Crippen LogP contribution in [0.5, 0.6) is 0 Å². The van der Waals surface area contributed by atoms with E-state index >= 15 is 0 Å². The highest BCUT2D eigenvalue weighted by molar-refractivity contribution is 7.10. The van der Waals surface area contributed by atoms with Gasteiger partial charge in [-0.1, -0.05) is 36.4 Å². The van der Waals surface area contributed by atoms with Gasteiger partial charge >= 0.3 is 0 Å². The third-order valence-corrected chi connectivity index (χ3v) is 5.21. The van der Waals surface area contributed by atoms with Crippen molar-refractivity contribution in [3.8, 4) is 0 Å². The van der Waals surface area contributed by atoms with E-state index in [1.165, 1.54) is 16.0 Å². The first-order valence-corrected chi connectivity index (χ1v) is 8.62. The zero-order valence-electron chi connectivity index (χ0n) is 12.9. The SMILES string of the molecule is Cc1ccsc1CC(=O)C1=CCN(Cc2ccccc2)CC1. The van der Waals surface area contributed by atoms with Gasteiger partial charge in [-0.05, 0) is 41.5 Å². The maximum absolute atomic E-state index is 12.4. The molecule has 0 aliphatic carbocycles. The molecule has 0 amide bonds. The molecule has 0 radical (unpaired) electrons. The number of aryl methyl sites for hydroxylation is 1. The topological polar surface area (TPSA) is 20.3 Å². The minimum absolute atomic E-state index is 0.296. The van der Waals surface area contributed by atoms with Crippen LogP contribution in [0.25, 0.3) is 0 Å². The molecule has 0 bridgehead atoms. The average Bonchev–Trinajstić information content (AvgIpc) is 2.94. The molecule has 0 N–H and O–H groups in total. The summed E-state index contributed by atoms with van der Waals surface area (Å²) in [6.45, 7) is 4.88. The largest absolute Gasteiger partial charge is 0.295 e. The lowest BCUT2D eigenvalue weighted by atomic mass is 10.00. The monoisotopic (exact) mass is 311 g/mol. The standard InChI is InChI=1S/C19H21NOS/c1-15-9-12-22-19(15)13-18(21)17-7-10-20(11-8-17)14-16-5-3-2-4-6-16/h2-7,9,12H,8,10-11,13-14H2,1H3. The average molecular weight is 311 g/mol. The van der Waals surface area contributed by atoms with Crippen LogP contribution in [0.3, 0.4) is 0 Å². The van der Waals surface area contributed by atoms with Crippen molar-refractivity contribution in [2.45, 2.75) is 26.3 Å². The Labute approximate surface area is 136 Å². The second kappa shape index (κ2) is 7.03. The number of carbonyl (C=O) groups excluding carboxylic acids is 1. The maximum Gasteiger partial charge on any atom is 0.163 e. The maximum atomic E-state index is 12.4. The molecular formula is C19H21NOS. The first kappa shape index (κ1) is 15.2. The first-order chi connectivity index (χ1) is 10.7. The summed E-state index contributed by atoms with van der Waals surface area (Å²) >= 11 is 1.69. The predicted molar refractivity (Wildman–Crippen MR) is 92.2 cm³/mol. The van der Waals surface area contributed by atoms with Gasteiger partial charge in [0.2, 0.25) is 0 Å². The molecule has 114 valence electrons. The van der Waals surface area contributed by atoms with Crippen molar-refractivity contribution in [2.75, 3.05) is 13.1 Å². The van der Waals surface area contributed by atoms with Crippen molar-refractivity contribution in [2.24, 2.45) is 0 Å². The summed E-state index contributed by atoms with van der Waals surface area (Å²) in [5.41, 5.74) is 3.58. The summed E-state index contributed by atoms with van der Waals surface area (Å²) in [5.74, 6) is 0.296. The van der Waals surface area contributed by atoms with Crippen LogP contribution in [0.1, 0.15) is 22.4 Å². The first-order valence-electron chi connectivity index (χ1n) is 7.74. The van der Waals surface area contributed by atoms with Crippen LogP contribution in [-0.4, -0.2) is 23.8 Å². The Morgan fingerprint density at radius 1 is 1.23 bits per heavy atom. The van der Waals surface area contributed by atoms with Gasteiger partial charge in [0.15, 0.2) is 5.78 Å². The number of benzene rings is 1. The quantitative estimate of drug-likeness (QED) is 0.832. The third-order valence-electron chi connectivity index (χ3n) is 4.19. The van der Waals surface area contributed by atoms with Gasteiger partial charge in [-0.15, -0.1) is 11.3 Å².